The fraction of sp³-hybridized carbons (Fsp3) is 0.476. The Hall–Kier alpha value is -2.12. The van der Waals surface area contributed by atoms with E-state index in [1.54, 1.807) is 24.3 Å². The molecule has 6 nitrogen and oxygen atoms in total. The first-order chi connectivity index (χ1) is 13.2. The molecule has 1 aliphatic heterocycles. The molecule has 1 aromatic carbocycles. The summed E-state index contributed by atoms with van der Waals surface area (Å²) < 4.78 is 33.4. The minimum Gasteiger partial charge on any atom is -0.465 e. The maximum Gasteiger partial charge on any atom is 0.240 e. The van der Waals surface area contributed by atoms with Gasteiger partial charge in [-0.3, -0.25) is 4.79 Å². The van der Waals surface area contributed by atoms with E-state index in [9.17, 15) is 13.2 Å². The first-order valence-corrected chi connectivity index (χ1v) is 11.1. The molecule has 0 saturated heterocycles. The van der Waals surface area contributed by atoms with Gasteiger partial charge >= 0.3 is 0 Å². The van der Waals surface area contributed by atoms with Crippen molar-refractivity contribution in [2.24, 2.45) is 11.3 Å². The van der Waals surface area contributed by atoms with Crippen molar-refractivity contribution in [3.8, 4) is 0 Å². The number of carbonyl (C=O) groups is 1. The second kappa shape index (κ2) is 6.74. The van der Waals surface area contributed by atoms with Crippen LogP contribution >= 0.6 is 0 Å². The van der Waals surface area contributed by atoms with Crippen LogP contribution in [0, 0.1) is 18.3 Å². The van der Waals surface area contributed by atoms with E-state index in [1.807, 2.05) is 17.9 Å². The molecule has 1 amide bonds. The Morgan fingerprint density at radius 3 is 2.64 bits per heavy atom. The summed E-state index contributed by atoms with van der Waals surface area (Å²) >= 11 is 0. The number of benzene rings is 1. The van der Waals surface area contributed by atoms with E-state index < -0.39 is 10.0 Å². The molecule has 0 bridgehead atoms. The molecular weight excluding hydrogens is 376 g/mol. The molecule has 28 heavy (non-hydrogen) atoms. The zero-order valence-electron chi connectivity index (χ0n) is 16.5. The van der Waals surface area contributed by atoms with Crippen LogP contribution in [0.3, 0.4) is 0 Å². The molecule has 1 saturated carbocycles. The molecule has 1 atom stereocenters. The van der Waals surface area contributed by atoms with Gasteiger partial charge in [-0.25, -0.2) is 13.1 Å². The third-order valence-electron chi connectivity index (χ3n) is 5.86. The Bertz CT molecular complexity index is 1020. The fourth-order valence-corrected chi connectivity index (χ4v) is 4.87. The van der Waals surface area contributed by atoms with Crippen LogP contribution in [0.25, 0.3) is 0 Å². The second-order valence-corrected chi connectivity index (χ2v) is 10.3. The molecular formula is C21H26N2O4S. The van der Waals surface area contributed by atoms with Gasteiger partial charge in [-0.05, 0) is 60.6 Å². The van der Waals surface area contributed by atoms with E-state index in [-0.39, 0.29) is 28.7 Å². The largest absolute Gasteiger partial charge is 0.465 e. The highest BCUT2D eigenvalue weighted by Gasteiger charge is 2.52. The van der Waals surface area contributed by atoms with Crippen molar-refractivity contribution in [2.75, 3.05) is 6.54 Å². The third kappa shape index (κ3) is 3.73. The van der Waals surface area contributed by atoms with Gasteiger partial charge in [0.2, 0.25) is 15.9 Å². The molecule has 2 aromatic rings. The van der Waals surface area contributed by atoms with Crippen LogP contribution < -0.4 is 4.72 Å². The quantitative estimate of drug-likeness (QED) is 0.834. The molecule has 1 N–H and O–H groups in total. The summed E-state index contributed by atoms with van der Waals surface area (Å²) in [4.78, 5) is 14.8. The number of amides is 1. The summed E-state index contributed by atoms with van der Waals surface area (Å²) in [7, 11) is -3.66. The van der Waals surface area contributed by atoms with Crippen molar-refractivity contribution >= 4 is 15.9 Å². The summed E-state index contributed by atoms with van der Waals surface area (Å²) in [5.41, 5.74) is 2.12. The number of carbonyl (C=O) groups excluding carboxylic acids is 1. The van der Waals surface area contributed by atoms with Gasteiger partial charge in [-0.1, -0.05) is 19.9 Å². The minimum absolute atomic E-state index is 0.0939. The topological polar surface area (TPSA) is 79.6 Å². The Kier molecular flexibility index (Phi) is 4.62. The van der Waals surface area contributed by atoms with Crippen molar-refractivity contribution in [1.82, 2.24) is 9.62 Å². The number of nitrogens with one attached hydrogen (secondary N) is 1. The number of sulfonamides is 1. The van der Waals surface area contributed by atoms with Crippen molar-refractivity contribution in [3.05, 3.63) is 53.0 Å². The first-order valence-electron chi connectivity index (χ1n) is 9.61. The first kappa shape index (κ1) is 19.2. The van der Waals surface area contributed by atoms with Gasteiger partial charge in [0.25, 0.3) is 0 Å². The van der Waals surface area contributed by atoms with Crippen LogP contribution in [0.15, 0.2) is 39.6 Å². The number of rotatable bonds is 5. The fourth-order valence-electron chi connectivity index (χ4n) is 3.83. The molecule has 7 heteroatoms. The summed E-state index contributed by atoms with van der Waals surface area (Å²) in [6, 6.07) is 8.76. The zero-order valence-corrected chi connectivity index (χ0v) is 17.3. The van der Waals surface area contributed by atoms with Gasteiger partial charge in [-0.15, -0.1) is 0 Å². The molecule has 0 radical (unpaired) electrons. The van der Waals surface area contributed by atoms with Crippen LogP contribution in [0.4, 0.5) is 0 Å². The number of fused-ring (bicyclic) bond motifs is 1. The number of hydrogen-bond donors (Lipinski definition) is 1. The lowest BCUT2D eigenvalue weighted by molar-refractivity contribution is -0.134. The lowest BCUT2D eigenvalue weighted by Gasteiger charge is -2.30. The standard InChI is InChI=1S/C21H26N2O4S/c1-14-4-6-17(27-14)12-22-28(25,26)18-7-5-15-8-9-23(13-16(15)10-18)20(24)19-11-21(19,2)3/h4-7,10,19,22H,8-9,11-13H2,1-3H3/t19-/m1/s1. The highest BCUT2D eigenvalue weighted by atomic mass is 32.2. The highest BCUT2D eigenvalue weighted by Crippen LogP contribution is 2.52. The minimum atomic E-state index is -3.66. The van der Waals surface area contributed by atoms with E-state index in [1.165, 1.54) is 0 Å². The van der Waals surface area contributed by atoms with Crippen molar-refractivity contribution in [3.63, 3.8) is 0 Å². The molecule has 1 fully saturated rings. The van der Waals surface area contributed by atoms with Crippen LogP contribution in [0.1, 0.15) is 42.9 Å². The number of aryl methyl sites for hydroxylation is 1. The maximum absolute atomic E-state index is 12.7. The number of nitrogens with zero attached hydrogens (tertiary/aromatic N) is 1. The van der Waals surface area contributed by atoms with E-state index in [2.05, 4.69) is 18.6 Å². The lowest BCUT2D eigenvalue weighted by atomic mass is 9.99. The third-order valence-corrected chi connectivity index (χ3v) is 7.25. The zero-order chi connectivity index (χ0) is 20.1. The number of furan rings is 1. The highest BCUT2D eigenvalue weighted by molar-refractivity contribution is 7.89. The van der Waals surface area contributed by atoms with E-state index in [0.29, 0.717) is 18.8 Å². The average Bonchev–Trinajstić information content (AvgIpc) is 3.09. The van der Waals surface area contributed by atoms with Crippen LogP contribution in [-0.4, -0.2) is 25.8 Å². The van der Waals surface area contributed by atoms with Gasteiger partial charge in [0.1, 0.15) is 11.5 Å². The van der Waals surface area contributed by atoms with E-state index >= 15 is 0 Å². The van der Waals surface area contributed by atoms with Gasteiger partial charge < -0.3 is 9.32 Å². The lowest BCUT2D eigenvalue weighted by Crippen LogP contribution is -2.37. The van der Waals surface area contributed by atoms with Crippen molar-refractivity contribution in [1.29, 1.82) is 0 Å². The predicted molar refractivity (Wildman–Crippen MR) is 105 cm³/mol. The smallest absolute Gasteiger partial charge is 0.240 e. The van der Waals surface area contributed by atoms with Gasteiger partial charge in [0, 0.05) is 19.0 Å². The SMILES string of the molecule is Cc1ccc(CNS(=O)(=O)c2ccc3c(c2)CN(C(=O)[C@H]2CC2(C)C)CC3)o1. The molecule has 1 aliphatic carbocycles. The molecule has 4 rings (SSSR count). The second-order valence-electron chi connectivity index (χ2n) is 8.52. The normalized spacial score (nSPS) is 20.7. The van der Waals surface area contributed by atoms with Crippen molar-refractivity contribution in [2.45, 2.75) is 51.6 Å². The van der Waals surface area contributed by atoms with Gasteiger partial charge in [-0.2, -0.15) is 0 Å². The monoisotopic (exact) mass is 402 g/mol. The number of hydrogen-bond acceptors (Lipinski definition) is 4. The summed E-state index contributed by atoms with van der Waals surface area (Å²) in [6.07, 6.45) is 1.69. The van der Waals surface area contributed by atoms with Crippen molar-refractivity contribution < 1.29 is 17.6 Å². The van der Waals surface area contributed by atoms with Crippen LogP contribution in [0.2, 0.25) is 0 Å². The average molecular weight is 403 g/mol. The molecule has 0 unspecified atom stereocenters. The molecule has 2 heterocycles. The van der Waals surface area contributed by atoms with Crippen LogP contribution in [0.5, 0.6) is 0 Å². The molecule has 0 spiro atoms. The van der Waals surface area contributed by atoms with Crippen LogP contribution in [-0.2, 0) is 34.3 Å². The Morgan fingerprint density at radius 2 is 2.00 bits per heavy atom. The Morgan fingerprint density at radius 1 is 1.25 bits per heavy atom. The summed E-state index contributed by atoms with van der Waals surface area (Å²) in [5.74, 6) is 1.60. The van der Waals surface area contributed by atoms with E-state index in [0.717, 1.165) is 29.7 Å². The summed E-state index contributed by atoms with van der Waals surface area (Å²) in [6.45, 7) is 7.32. The Balaban J connectivity index is 1.48. The van der Waals surface area contributed by atoms with Gasteiger partial charge in [0.15, 0.2) is 0 Å². The van der Waals surface area contributed by atoms with Gasteiger partial charge in [0.05, 0.1) is 11.4 Å². The molecule has 150 valence electrons. The summed E-state index contributed by atoms with van der Waals surface area (Å²) in [5, 5.41) is 0. The Labute approximate surface area is 166 Å². The molecule has 2 aliphatic rings. The predicted octanol–water partition coefficient (Wildman–Crippen LogP) is 3.00. The van der Waals surface area contributed by atoms with E-state index in [4.69, 9.17) is 4.42 Å². The molecule has 1 aromatic heterocycles. The maximum atomic E-state index is 12.7.